The van der Waals surface area contributed by atoms with Crippen LogP contribution in [0.5, 0.6) is 0 Å². The molecule has 2 aliphatic heterocycles. The molecule has 3 heterocycles. The molecule has 3 aromatic rings. The Labute approximate surface area is 224 Å². The molecule has 0 bridgehead atoms. The second kappa shape index (κ2) is 9.80. The van der Waals surface area contributed by atoms with Crippen molar-refractivity contribution in [2.75, 3.05) is 32.8 Å². The van der Waals surface area contributed by atoms with Gasteiger partial charge in [0.15, 0.2) is 0 Å². The largest absolute Gasteiger partial charge is 0.370 e. The van der Waals surface area contributed by atoms with Crippen LogP contribution >= 0.6 is 0 Å². The van der Waals surface area contributed by atoms with Crippen molar-refractivity contribution in [1.29, 1.82) is 5.26 Å². The molecule has 1 aromatic heterocycles. The number of morpholine rings is 1. The molecule has 2 fully saturated rings. The Morgan fingerprint density at radius 2 is 2.13 bits per heavy atom. The number of nitrogens with zero attached hydrogens (tertiary/aromatic N) is 7. The zero-order valence-corrected chi connectivity index (χ0v) is 21.3. The molecular formula is C28H26FN7O3. The number of amides is 1. The number of carbonyl (C=O) groups excluding carboxylic acids is 2. The minimum atomic E-state index is -1.40. The summed E-state index contributed by atoms with van der Waals surface area (Å²) in [5.41, 5.74) is 2.33. The molecule has 0 spiro atoms. The SMILES string of the molecule is Cc1c([C@H]2CN3CCN(C(=O)C4(C=O)C=CCc5cc(-n6cnnn6)ccc54)C[C@H]3CO2)ccc(F)c1C#N. The number of piperazine rings is 1. The standard InChI is InChI=1S/C28H26FN7O3/c1-18-22(5-7-25(29)23(18)12-30)26-14-34-9-10-35(13-21(34)15-39-26)27(38)28(16-37)8-2-3-19-11-20(4-6-24(19)28)36-17-31-32-33-36/h2,4-8,11,16-17,21,26H,3,9-10,13-15H2,1H3/t21-,26+,28?/m0/s1. The minimum absolute atomic E-state index is 0.0342. The lowest BCUT2D eigenvalue weighted by molar-refractivity contribution is -0.145. The van der Waals surface area contributed by atoms with E-state index in [0.29, 0.717) is 50.3 Å². The summed E-state index contributed by atoms with van der Waals surface area (Å²) in [5.74, 6) is -0.784. The second-order valence-electron chi connectivity index (χ2n) is 10.2. The Morgan fingerprint density at radius 3 is 2.90 bits per heavy atom. The number of hydrogen-bond acceptors (Lipinski definition) is 8. The van der Waals surface area contributed by atoms with E-state index in [1.807, 2.05) is 30.3 Å². The molecule has 1 amide bonds. The zero-order chi connectivity index (χ0) is 27.1. The molecule has 198 valence electrons. The first-order valence-electron chi connectivity index (χ1n) is 12.8. The van der Waals surface area contributed by atoms with Gasteiger partial charge < -0.3 is 14.4 Å². The van der Waals surface area contributed by atoms with Crippen molar-refractivity contribution in [3.8, 4) is 11.8 Å². The quantitative estimate of drug-likeness (QED) is 0.287. The van der Waals surface area contributed by atoms with Gasteiger partial charge >= 0.3 is 0 Å². The van der Waals surface area contributed by atoms with Gasteiger partial charge in [0.2, 0.25) is 5.91 Å². The third-order valence-corrected chi connectivity index (χ3v) is 8.10. The number of benzene rings is 2. The molecule has 3 atom stereocenters. The normalized spacial score (nSPS) is 24.5. The third-order valence-electron chi connectivity index (χ3n) is 8.10. The number of aldehydes is 1. The molecule has 1 aliphatic carbocycles. The number of allylic oxidation sites excluding steroid dienone is 1. The van der Waals surface area contributed by atoms with Crippen LogP contribution in [0.4, 0.5) is 4.39 Å². The Hall–Kier alpha value is -4.27. The van der Waals surface area contributed by atoms with E-state index in [2.05, 4.69) is 20.4 Å². The van der Waals surface area contributed by atoms with E-state index in [1.54, 1.807) is 24.0 Å². The number of fused-ring (bicyclic) bond motifs is 2. The topological polar surface area (TPSA) is 117 Å². The lowest BCUT2D eigenvalue weighted by Crippen LogP contribution is -2.62. The first-order chi connectivity index (χ1) is 18.9. The van der Waals surface area contributed by atoms with Gasteiger partial charge in [0.1, 0.15) is 29.9 Å². The number of ether oxygens (including phenoxy) is 1. The Balaban J connectivity index is 1.20. The van der Waals surface area contributed by atoms with E-state index < -0.39 is 11.2 Å². The number of halogens is 1. The van der Waals surface area contributed by atoms with Crippen LogP contribution in [-0.4, -0.2) is 81.0 Å². The summed E-state index contributed by atoms with van der Waals surface area (Å²) in [4.78, 5) is 30.6. The average Bonchev–Trinajstić information content (AvgIpc) is 3.51. The maximum atomic E-state index is 14.0. The second-order valence-corrected chi connectivity index (χ2v) is 10.2. The van der Waals surface area contributed by atoms with E-state index >= 15 is 0 Å². The van der Waals surface area contributed by atoms with Crippen LogP contribution in [0.3, 0.4) is 0 Å². The van der Waals surface area contributed by atoms with Gasteiger partial charge in [-0.2, -0.15) is 5.26 Å². The molecule has 2 aromatic carbocycles. The summed E-state index contributed by atoms with van der Waals surface area (Å²) < 4.78 is 21.7. The summed E-state index contributed by atoms with van der Waals surface area (Å²) in [6, 6.07) is 10.4. The van der Waals surface area contributed by atoms with Crippen molar-refractivity contribution in [2.45, 2.75) is 30.9 Å². The molecule has 1 unspecified atom stereocenters. The van der Waals surface area contributed by atoms with Crippen molar-refractivity contribution >= 4 is 12.2 Å². The fourth-order valence-corrected chi connectivity index (χ4v) is 5.98. The molecular weight excluding hydrogens is 501 g/mol. The fraction of sp³-hybridized carbons (Fsp3) is 0.357. The molecule has 11 heteroatoms. The first kappa shape index (κ1) is 25.0. The summed E-state index contributed by atoms with van der Waals surface area (Å²) in [5, 5.41) is 20.6. The maximum absolute atomic E-state index is 14.0. The zero-order valence-electron chi connectivity index (χ0n) is 21.3. The predicted octanol–water partition coefficient (Wildman–Crippen LogP) is 1.81. The van der Waals surface area contributed by atoms with E-state index in [-0.39, 0.29) is 23.6 Å². The van der Waals surface area contributed by atoms with Crippen molar-refractivity contribution in [3.05, 3.63) is 82.4 Å². The number of nitriles is 1. The number of hydrogen-bond donors (Lipinski definition) is 0. The van der Waals surface area contributed by atoms with Gasteiger partial charge in [0.05, 0.1) is 30.0 Å². The van der Waals surface area contributed by atoms with Gasteiger partial charge in [-0.15, -0.1) is 5.10 Å². The highest BCUT2D eigenvalue weighted by Crippen LogP contribution is 2.36. The minimum Gasteiger partial charge on any atom is -0.370 e. The van der Waals surface area contributed by atoms with Crippen molar-refractivity contribution in [1.82, 2.24) is 30.0 Å². The number of carbonyl (C=O) groups is 2. The highest BCUT2D eigenvalue weighted by Gasteiger charge is 2.46. The maximum Gasteiger partial charge on any atom is 0.244 e. The Kier molecular flexibility index (Phi) is 6.29. The van der Waals surface area contributed by atoms with Crippen LogP contribution in [0, 0.1) is 24.1 Å². The molecule has 6 rings (SSSR count). The van der Waals surface area contributed by atoms with Gasteiger partial charge in [-0.05, 0) is 64.2 Å². The monoisotopic (exact) mass is 527 g/mol. The van der Waals surface area contributed by atoms with E-state index in [4.69, 9.17) is 4.74 Å². The van der Waals surface area contributed by atoms with E-state index in [0.717, 1.165) is 23.1 Å². The lowest BCUT2D eigenvalue weighted by Gasteiger charge is -2.47. The van der Waals surface area contributed by atoms with Crippen LogP contribution in [-0.2, 0) is 26.2 Å². The Bertz CT molecular complexity index is 1520. The van der Waals surface area contributed by atoms with Gasteiger partial charge in [0.25, 0.3) is 0 Å². The highest BCUT2D eigenvalue weighted by molar-refractivity contribution is 6.06. The summed E-state index contributed by atoms with van der Waals surface area (Å²) in [7, 11) is 0. The van der Waals surface area contributed by atoms with Crippen LogP contribution in [0.25, 0.3) is 5.69 Å². The van der Waals surface area contributed by atoms with Crippen LogP contribution in [0.2, 0.25) is 0 Å². The van der Waals surface area contributed by atoms with Crippen LogP contribution < -0.4 is 0 Å². The van der Waals surface area contributed by atoms with Crippen LogP contribution in [0.1, 0.15) is 33.9 Å². The number of tetrazole rings is 1. The number of aromatic nitrogens is 4. The fourth-order valence-electron chi connectivity index (χ4n) is 5.98. The molecule has 39 heavy (non-hydrogen) atoms. The van der Waals surface area contributed by atoms with Gasteiger partial charge in [-0.1, -0.05) is 24.3 Å². The van der Waals surface area contributed by atoms with E-state index in [1.165, 1.54) is 17.1 Å². The van der Waals surface area contributed by atoms with Gasteiger partial charge in [0, 0.05) is 26.2 Å². The Morgan fingerprint density at radius 1 is 1.26 bits per heavy atom. The van der Waals surface area contributed by atoms with E-state index in [9.17, 15) is 19.2 Å². The molecule has 0 saturated carbocycles. The first-order valence-corrected chi connectivity index (χ1v) is 12.8. The highest BCUT2D eigenvalue weighted by atomic mass is 19.1. The van der Waals surface area contributed by atoms with Crippen molar-refractivity contribution in [2.24, 2.45) is 0 Å². The average molecular weight is 528 g/mol. The van der Waals surface area contributed by atoms with Crippen LogP contribution in [0.15, 0.2) is 48.8 Å². The predicted molar refractivity (Wildman–Crippen MR) is 136 cm³/mol. The van der Waals surface area contributed by atoms with Crippen molar-refractivity contribution < 1.29 is 18.7 Å². The molecule has 2 saturated heterocycles. The van der Waals surface area contributed by atoms with Gasteiger partial charge in [-0.25, -0.2) is 9.07 Å². The molecule has 0 radical (unpaired) electrons. The summed E-state index contributed by atoms with van der Waals surface area (Å²) in [6.45, 7) is 4.21. The van der Waals surface area contributed by atoms with Gasteiger partial charge in [-0.3, -0.25) is 9.69 Å². The lowest BCUT2D eigenvalue weighted by atomic mass is 9.73. The molecule has 3 aliphatic rings. The third kappa shape index (κ3) is 4.13. The molecule has 0 N–H and O–H groups in total. The summed E-state index contributed by atoms with van der Waals surface area (Å²) >= 11 is 0. The summed E-state index contributed by atoms with van der Waals surface area (Å²) in [6.07, 6.45) is 6.11. The number of rotatable bonds is 4. The smallest absolute Gasteiger partial charge is 0.244 e. The van der Waals surface area contributed by atoms with Crippen molar-refractivity contribution in [3.63, 3.8) is 0 Å². The molecule has 10 nitrogen and oxygen atoms in total.